The zero-order chi connectivity index (χ0) is 19.8. The van der Waals surface area contributed by atoms with E-state index in [4.69, 9.17) is 4.74 Å². The van der Waals surface area contributed by atoms with Crippen molar-refractivity contribution >= 4 is 28.7 Å². The molecule has 0 aliphatic heterocycles. The summed E-state index contributed by atoms with van der Waals surface area (Å²) in [6.07, 6.45) is 0.248. The first kappa shape index (κ1) is 20.3. The molecule has 0 aromatic heterocycles. The van der Waals surface area contributed by atoms with E-state index in [1.54, 1.807) is 18.2 Å². The number of benzene rings is 2. The predicted molar refractivity (Wildman–Crippen MR) is 100 cm³/mol. The molecule has 2 aromatic rings. The smallest absolute Gasteiger partial charge is 0.340 e. The van der Waals surface area contributed by atoms with Crippen LogP contribution in [-0.4, -0.2) is 34.5 Å². The standard InChI is InChI=1S/C19H20N2O5S/c1-13(26-18(23)15-10-6-7-11-16(15)27(2)25)17(22)21-19(24)20-12-14-8-4-3-5-9-14/h3-11,13H,12H2,1-2H3,(H2,20,21,22,24)/t13-,27-/m1/s1. The van der Waals surface area contributed by atoms with Crippen molar-refractivity contribution in [2.75, 3.05) is 6.26 Å². The lowest BCUT2D eigenvalue weighted by atomic mass is 10.2. The maximum Gasteiger partial charge on any atom is 0.340 e. The van der Waals surface area contributed by atoms with Crippen molar-refractivity contribution in [3.8, 4) is 0 Å². The van der Waals surface area contributed by atoms with E-state index < -0.39 is 34.8 Å². The van der Waals surface area contributed by atoms with Gasteiger partial charge in [0, 0.05) is 12.8 Å². The normalized spacial score (nSPS) is 12.5. The zero-order valence-corrected chi connectivity index (χ0v) is 15.7. The fraction of sp³-hybridized carbons (Fsp3) is 0.211. The highest BCUT2D eigenvalue weighted by Crippen LogP contribution is 2.14. The summed E-state index contributed by atoms with van der Waals surface area (Å²) >= 11 is 0. The highest BCUT2D eigenvalue weighted by Gasteiger charge is 2.22. The van der Waals surface area contributed by atoms with Crippen molar-refractivity contribution in [2.45, 2.75) is 24.5 Å². The van der Waals surface area contributed by atoms with E-state index in [9.17, 15) is 18.6 Å². The van der Waals surface area contributed by atoms with Gasteiger partial charge in [-0.25, -0.2) is 9.59 Å². The predicted octanol–water partition coefficient (Wildman–Crippen LogP) is 2.00. The maximum atomic E-state index is 12.2. The maximum absolute atomic E-state index is 12.2. The Balaban J connectivity index is 1.89. The van der Waals surface area contributed by atoms with Crippen molar-refractivity contribution in [1.29, 1.82) is 0 Å². The summed E-state index contributed by atoms with van der Waals surface area (Å²) in [5, 5.41) is 4.66. The Labute approximate surface area is 159 Å². The van der Waals surface area contributed by atoms with Crippen LogP contribution >= 0.6 is 0 Å². The molecule has 0 fully saturated rings. The average Bonchev–Trinajstić information content (AvgIpc) is 2.67. The number of urea groups is 1. The van der Waals surface area contributed by atoms with Gasteiger partial charge in [-0.3, -0.25) is 14.3 Å². The molecule has 142 valence electrons. The molecular formula is C19H20N2O5S. The number of hydrogen-bond donors (Lipinski definition) is 2. The molecular weight excluding hydrogens is 368 g/mol. The molecule has 2 atom stereocenters. The van der Waals surface area contributed by atoms with Gasteiger partial charge in [-0.1, -0.05) is 42.5 Å². The fourth-order valence-corrected chi connectivity index (χ4v) is 2.93. The second-order valence-corrected chi connectivity index (χ2v) is 7.00. The van der Waals surface area contributed by atoms with Crippen molar-refractivity contribution in [2.24, 2.45) is 0 Å². The Morgan fingerprint density at radius 2 is 1.67 bits per heavy atom. The van der Waals surface area contributed by atoms with Crippen LogP contribution in [0.25, 0.3) is 0 Å². The molecule has 2 aromatic carbocycles. The lowest BCUT2D eigenvalue weighted by Crippen LogP contribution is -2.44. The molecule has 0 saturated carbocycles. The quantitative estimate of drug-likeness (QED) is 0.737. The lowest BCUT2D eigenvalue weighted by Gasteiger charge is -2.14. The van der Waals surface area contributed by atoms with Gasteiger partial charge in [-0.05, 0) is 24.6 Å². The van der Waals surface area contributed by atoms with Gasteiger partial charge in [0.15, 0.2) is 6.10 Å². The summed E-state index contributed by atoms with van der Waals surface area (Å²) in [7, 11) is -1.38. The molecule has 0 heterocycles. The summed E-state index contributed by atoms with van der Waals surface area (Å²) in [6, 6.07) is 14.8. The van der Waals surface area contributed by atoms with Crippen molar-refractivity contribution < 1.29 is 23.3 Å². The Bertz CT molecular complexity index is 854. The molecule has 0 saturated heterocycles. The van der Waals surface area contributed by atoms with Crippen molar-refractivity contribution in [1.82, 2.24) is 10.6 Å². The number of amides is 3. The molecule has 0 bridgehead atoms. The van der Waals surface area contributed by atoms with E-state index in [0.717, 1.165) is 5.56 Å². The van der Waals surface area contributed by atoms with Gasteiger partial charge < -0.3 is 10.1 Å². The van der Waals surface area contributed by atoms with E-state index in [-0.39, 0.29) is 12.1 Å². The number of hydrogen-bond acceptors (Lipinski definition) is 5. The molecule has 0 unspecified atom stereocenters. The molecule has 0 radical (unpaired) electrons. The van der Waals surface area contributed by atoms with Crippen LogP contribution in [0.15, 0.2) is 59.5 Å². The molecule has 0 aliphatic carbocycles. The molecule has 7 nitrogen and oxygen atoms in total. The van der Waals surface area contributed by atoms with Crippen LogP contribution < -0.4 is 10.6 Å². The number of imide groups is 1. The molecule has 3 amide bonds. The van der Waals surface area contributed by atoms with Crippen LogP contribution in [-0.2, 0) is 26.9 Å². The van der Waals surface area contributed by atoms with Crippen molar-refractivity contribution in [3.05, 3.63) is 65.7 Å². The first-order chi connectivity index (χ1) is 12.9. The third-order valence-electron chi connectivity index (χ3n) is 3.60. The number of nitrogens with one attached hydrogen (secondary N) is 2. The average molecular weight is 388 g/mol. The molecule has 2 rings (SSSR count). The van der Waals surface area contributed by atoms with E-state index in [2.05, 4.69) is 10.6 Å². The Morgan fingerprint density at radius 1 is 1.04 bits per heavy atom. The monoisotopic (exact) mass is 388 g/mol. The van der Waals surface area contributed by atoms with Gasteiger partial charge in [-0.15, -0.1) is 0 Å². The minimum absolute atomic E-state index is 0.117. The Morgan fingerprint density at radius 3 is 2.33 bits per heavy atom. The first-order valence-corrected chi connectivity index (χ1v) is 9.70. The van der Waals surface area contributed by atoms with Gasteiger partial charge in [0.2, 0.25) is 0 Å². The molecule has 0 spiro atoms. The highest BCUT2D eigenvalue weighted by molar-refractivity contribution is 7.84. The van der Waals surface area contributed by atoms with Crippen LogP contribution in [0.4, 0.5) is 4.79 Å². The number of carbonyl (C=O) groups excluding carboxylic acids is 3. The number of rotatable bonds is 6. The fourth-order valence-electron chi connectivity index (χ4n) is 2.20. The van der Waals surface area contributed by atoms with Gasteiger partial charge in [0.05, 0.1) is 21.3 Å². The second kappa shape index (κ2) is 9.63. The third kappa shape index (κ3) is 6.03. The molecule has 2 N–H and O–H groups in total. The van der Waals surface area contributed by atoms with Gasteiger partial charge in [-0.2, -0.15) is 0 Å². The molecule has 27 heavy (non-hydrogen) atoms. The number of carbonyl (C=O) groups is 3. The van der Waals surface area contributed by atoms with Crippen LogP contribution in [0.2, 0.25) is 0 Å². The number of ether oxygens (including phenoxy) is 1. The van der Waals surface area contributed by atoms with E-state index in [1.165, 1.54) is 19.2 Å². The topological polar surface area (TPSA) is 102 Å². The van der Waals surface area contributed by atoms with E-state index in [1.807, 2.05) is 30.3 Å². The van der Waals surface area contributed by atoms with E-state index >= 15 is 0 Å². The first-order valence-electron chi connectivity index (χ1n) is 8.14. The van der Waals surface area contributed by atoms with Crippen LogP contribution in [0, 0.1) is 0 Å². The van der Waals surface area contributed by atoms with Crippen LogP contribution in [0.3, 0.4) is 0 Å². The summed E-state index contributed by atoms with van der Waals surface area (Å²) in [5.74, 6) is -1.54. The number of esters is 1. The minimum atomic E-state index is -1.38. The zero-order valence-electron chi connectivity index (χ0n) is 14.9. The molecule has 8 heteroatoms. The largest absolute Gasteiger partial charge is 0.449 e. The Hall–Kier alpha value is -3.00. The van der Waals surface area contributed by atoms with Crippen molar-refractivity contribution in [3.63, 3.8) is 0 Å². The van der Waals surface area contributed by atoms with Crippen LogP contribution in [0.1, 0.15) is 22.8 Å². The lowest BCUT2D eigenvalue weighted by molar-refractivity contribution is -0.127. The highest BCUT2D eigenvalue weighted by atomic mass is 32.2. The van der Waals surface area contributed by atoms with Gasteiger partial charge >= 0.3 is 12.0 Å². The summed E-state index contributed by atoms with van der Waals surface area (Å²) in [4.78, 5) is 36.4. The van der Waals surface area contributed by atoms with Gasteiger partial charge in [0.25, 0.3) is 5.91 Å². The summed E-state index contributed by atoms with van der Waals surface area (Å²) in [5.41, 5.74) is 0.996. The van der Waals surface area contributed by atoms with Gasteiger partial charge in [0.1, 0.15) is 0 Å². The molecule has 0 aliphatic rings. The summed E-state index contributed by atoms with van der Waals surface area (Å²) < 4.78 is 16.8. The van der Waals surface area contributed by atoms with Crippen LogP contribution in [0.5, 0.6) is 0 Å². The summed E-state index contributed by atoms with van der Waals surface area (Å²) in [6.45, 7) is 1.60. The Kier molecular flexibility index (Phi) is 7.25. The SMILES string of the molecule is C[C@@H](OC(=O)c1ccccc1[S@@](C)=O)C(=O)NC(=O)NCc1ccccc1. The third-order valence-corrected chi connectivity index (χ3v) is 4.58. The van der Waals surface area contributed by atoms with E-state index in [0.29, 0.717) is 4.90 Å². The minimum Gasteiger partial charge on any atom is -0.449 e. The second-order valence-electron chi connectivity index (χ2n) is 5.66.